The topological polar surface area (TPSA) is 121 Å². The second-order valence-electron chi connectivity index (χ2n) is 7.89. The van der Waals surface area contributed by atoms with Gasteiger partial charge in [-0.15, -0.1) is 13.2 Å². The van der Waals surface area contributed by atoms with Crippen LogP contribution in [0.1, 0.15) is 25.4 Å². The number of halogens is 3. The number of nitro groups is 1. The molecule has 0 radical (unpaired) electrons. The number of nitrogens with zero attached hydrogens (tertiary/aromatic N) is 4. The molecule has 1 fully saturated rings. The number of rotatable bonds is 9. The second-order valence-corrected chi connectivity index (χ2v) is 7.89. The molecule has 4 rings (SSSR count). The molecule has 0 saturated carbocycles. The first kappa shape index (κ1) is 23.6. The minimum absolute atomic E-state index is 0.0825. The van der Waals surface area contributed by atoms with Crippen molar-refractivity contribution in [3.8, 4) is 17.5 Å². The summed E-state index contributed by atoms with van der Waals surface area (Å²) in [6.07, 6.45) is -2.65. The molecule has 14 heteroatoms. The predicted molar refractivity (Wildman–Crippen MR) is 109 cm³/mol. The third-order valence-corrected chi connectivity index (χ3v) is 5.32. The first-order valence-electron chi connectivity index (χ1n) is 10.6. The fourth-order valence-corrected chi connectivity index (χ4v) is 3.74. The average Bonchev–Trinajstić information content (AvgIpc) is 3.18. The van der Waals surface area contributed by atoms with Crippen LogP contribution in [-0.4, -0.2) is 64.0 Å². The van der Waals surface area contributed by atoms with Crippen LogP contribution in [0.15, 0.2) is 30.5 Å². The van der Waals surface area contributed by atoms with Crippen molar-refractivity contribution in [3.63, 3.8) is 0 Å². The number of benzene rings is 1. The number of hydrogen-bond acceptors (Lipinski definition) is 8. The zero-order chi connectivity index (χ0) is 24.3. The smallest absolute Gasteiger partial charge is 0.488 e. The van der Waals surface area contributed by atoms with Crippen molar-refractivity contribution in [1.82, 2.24) is 19.8 Å². The van der Waals surface area contributed by atoms with E-state index in [1.165, 1.54) is 35.0 Å². The van der Waals surface area contributed by atoms with Crippen molar-refractivity contribution in [2.24, 2.45) is 0 Å². The maximum Gasteiger partial charge on any atom is 0.573 e. The number of likely N-dealkylation sites (tertiary alicyclic amines) is 1. The molecule has 3 heterocycles. The number of alkyl halides is 3. The van der Waals surface area contributed by atoms with Crippen LogP contribution >= 0.6 is 0 Å². The molecular formula is C20H22F3N5O6. The number of imidazole rings is 1. The van der Waals surface area contributed by atoms with E-state index >= 15 is 0 Å². The molecule has 1 N–H and O–H groups in total. The summed E-state index contributed by atoms with van der Waals surface area (Å²) >= 11 is 0. The lowest BCUT2D eigenvalue weighted by Crippen LogP contribution is -2.53. The molecule has 11 nitrogen and oxygen atoms in total. The highest BCUT2D eigenvalue weighted by Gasteiger charge is 2.32. The fourth-order valence-electron chi connectivity index (χ4n) is 3.74. The van der Waals surface area contributed by atoms with Gasteiger partial charge in [0.2, 0.25) is 5.91 Å². The van der Waals surface area contributed by atoms with Gasteiger partial charge in [-0.05, 0) is 42.2 Å². The van der Waals surface area contributed by atoms with E-state index < -0.39 is 17.5 Å². The number of amides is 1. The van der Waals surface area contributed by atoms with Gasteiger partial charge in [-0.3, -0.25) is 14.3 Å². The number of hydrogen-bond donors (Lipinski definition) is 1. The molecule has 34 heavy (non-hydrogen) atoms. The lowest BCUT2D eigenvalue weighted by atomic mass is 10.1. The van der Waals surface area contributed by atoms with Crippen LogP contribution in [0.4, 0.5) is 19.0 Å². The summed E-state index contributed by atoms with van der Waals surface area (Å²) < 4.78 is 52.9. The summed E-state index contributed by atoms with van der Waals surface area (Å²) in [5, 5.41) is 13.8. The van der Waals surface area contributed by atoms with Gasteiger partial charge >= 0.3 is 18.2 Å². The molecule has 0 bridgehead atoms. The van der Waals surface area contributed by atoms with Crippen LogP contribution in [0.2, 0.25) is 0 Å². The van der Waals surface area contributed by atoms with Crippen LogP contribution in [0.3, 0.4) is 0 Å². The molecule has 1 amide bonds. The highest BCUT2D eigenvalue weighted by atomic mass is 19.4. The molecule has 2 aliphatic heterocycles. The molecular weight excluding hydrogens is 463 g/mol. The summed E-state index contributed by atoms with van der Waals surface area (Å²) in [7, 11) is 0. The maximum absolute atomic E-state index is 12.3. The van der Waals surface area contributed by atoms with Crippen molar-refractivity contribution in [2.45, 2.75) is 37.9 Å². The van der Waals surface area contributed by atoms with Crippen molar-refractivity contribution < 1.29 is 37.1 Å². The fraction of sp³-hybridized carbons (Fsp3) is 0.500. The van der Waals surface area contributed by atoms with E-state index in [9.17, 15) is 28.1 Å². The van der Waals surface area contributed by atoms with Gasteiger partial charge in [0.15, 0.2) is 0 Å². The predicted octanol–water partition coefficient (Wildman–Crippen LogP) is 2.63. The van der Waals surface area contributed by atoms with E-state index in [-0.39, 0.29) is 36.0 Å². The van der Waals surface area contributed by atoms with E-state index in [2.05, 4.69) is 19.9 Å². The third kappa shape index (κ3) is 6.07. The lowest BCUT2D eigenvalue weighted by molar-refractivity contribution is -0.389. The molecule has 1 aromatic carbocycles. The van der Waals surface area contributed by atoms with Crippen molar-refractivity contribution in [1.29, 1.82) is 0 Å². The Morgan fingerprint density at radius 3 is 2.65 bits per heavy atom. The number of ether oxygens (including phenoxy) is 3. The summed E-state index contributed by atoms with van der Waals surface area (Å²) in [5.74, 6) is -0.370. The molecule has 2 aromatic rings. The standard InChI is InChI=1S/C20H22F3N5O6/c21-20(22,23)34-14-5-3-13(4-6-14)33-15-10-26(11-15)8-1-2-18(29)24-16-7-9-32-19-25-17(28(30)31)12-27(16)19/h3-6,12,15-16H,1-2,7-11H2,(H,24,29)/t16-/m0/s1. The van der Waals surface area contributed by atoms with Crippen LogP contribution in [0.25, 0.3) is 0 Å². The highest BCUT2D eigenvalue weighted by molar-refractivity contribution is 5.76. The van der Waals surface area contributed by atoms with Crippen molar-refractivity contribution in [3.05, 3.63) is 40.6 Å². The summed E-state index contributed by atoms with van der Waals surface area (Å²) in [6.45, 7) is 2.27. The number of aromatic nitrogens is 2. The Balaban J connectivity index is 1.14. The van der Waals surface area contributed by atoms with Gasteiger partial charge < -0.3 is 29.6 Å². The van der Waals surface area contributed by atoms with Gasteiger partial charge in [0, 0.05) is 30.9 Å². The van der Waals surface area contributed by atoms with Gasteiger partial charge in [-0.1, -0.05) is 0 Å². The van der Waals surface area contributed by atoms with E-state index in [4.69, 9.17) is 9.47 Å². The highest BCUT2D eigenvalue weighted by Crippen LogP contribution is 2.28. The number of nitrogens with one attached hydrogen (secondary N) is 1. The minimum Gasteiger partial charge on any atom is -0.488 e. The zero-order valence-corrected chi connectivity index (χ0v) is 17.9. The first-order chi connectivity index (χ1) is 16.2. The minimum atomic E-state index is -4.73. The quantitative estimate of drug-likeness (QED) is 0.425. The van der Waals surface area contributed by atoms with Gasteiger partial charge in [-0.2, -0.15) is 0 Å². The molecule has 0 aliphatic carbocycles. The van der Waals surface area contributed by atoms with Crippen molar-refractivity contribution in [2.75, 3.05) is 26.2 Å². The molecule has 2 aliphatic rings. The zero-order valence-electron chi connectivity index (χ0n) is 17.9. The Morgan fingerprint density at radius 1 is 1.26 bits per heavy atom. The second kappa shape index (κ2) is 9.75. The third-order valence-electron chi connectivity index (χ3n) is 5.32. The SMILES string of the molecule is O=C(CCCN1CC(Oc2ccc(OC(F)(F)F)cc2)C1)N[C@@H]1CCOc2nc([N+](=O)[O-])cn21. The van der Waals surface area contributed by atoms with Gasteiger partial charge in [-0.25, -0.2) is 0 Å². The van der Waals surface area contributed by atoms with Gasteiger partial charge in [0.1, 0.15) is 30.0 Å². The number of carbonyl (C=O) groups is 1. The Bertz CT molecular complexity index is 1020. The Kier molecular flexibility index (Phi) is 6.77. The molecule has 1 aromatic heterocycles. The Morgan fingerprint density at radius 2 is 1.97 bits per heavy atom. The normalized spacial score (nSPS) is 18.4. The molecule has 184 valence electrons. The van der Waals surface area contributed by atoms with E-state index in [1.54, 1.807) is 0 Å². The average molecular weight is 485 g/mol. The van der Waals surface area contributed by atoms with Crippen LogP contribution in [0.5, 0.6) is 17.5 Å². The van der Waals surface area contributed by atoms with E-state index in [0.717, 1.165) is 0 Å². The molecule has 0 unspecified atom stereocenters. The molecule has 1 atom stereocenters. The van der Waals surface area contributed by atoms with Crippen LogP contribution in [-0.2, 0) is 4.79 Å². The van der Waals surface area contributed by atoms with Gasteiger partial charge in [0.05, 0.1) is 6.61 Å². The number of carbonyl (C=O) groups excluding carboxylic acids is 1. The maximum atomic E-state index is 12.3. The van der Waals surface area contributed by atoms with Gasteiger partial charge in [0.25, 0.3) is 0 Å². The number of fused-ring (bicyclic) bond motifs is 1. The lowest BCUT2D eigenvalue weighted by Gasteiger charge is -2.39. The summed E-state index contributed by atoms with van der Waals surface area (Å²) in [6, 6.07) is 5.34. The largest absolute Gasteiger partial charge is 0.573 e. The molecule has 1 saturated heterocycles. The van der Waals surface area contributed by atoms with Crippen LogP contribution < -0.4 is 19.5 Å². The van der Waals surface area contributed by atoms with E-state index in [0.29, 0.717) is 44.8 Å². The Labute approximate surface area is 191 Å². The monoisotopic (exact) mass is 485 g/mol. The summed E-state index contributed by atoms with van der Waals surface area (Å²) in [5.41, 5.74) is 0. The van der Waals surface area contributed by atoms with Crippen molar-refractivity contribution >= 4 is 11.7 Å². The van der Waals surface area contributed by atoms with Crippen LogP contribution in [0, 0.1) is 10.1 Å². The molecule has 0 spiro atoms. The Hall–Kier alpha value is -3.55. The first-order valence-corrected chi connectivity index (χ1v) is 10.6. The summed E-state index contributed by atoms with van der Waals surface area (Å²) in [4.78, 5) is 28.5. The van der Waals surface area contributed by atoms with E-state index in [1.807, 2.05) is 0 Å².